The second-order valence-electron chi connectivity index (χ2n) is 6.87. The predicted octanol–water partition coefficient (Wildman–Crippen LogP) is 3.58. The Morgan fingerprint density at radius 3 is 2.14 bits per heavy atom. The Labute approximate surface area is 165 Å². The van der Waals surface area contributed by atoms with Gasteiger partial charge in [0.15, 0.2) is 0 Å². The molecule has 0 spiro atoms. The van der Waals surface area contributed by atoms with E-state index in [9.17, 15) is 21.2 Å². The number of hydrogen-bond acceptors (Lipinski definition) is 4. The summed E-state index contributed by atoms with van der Waals surface area (Å²) < 4.78 is 67.8. The molecular formula is C19H23FN2O4S2. The Morgan fingerprint density at radius 1 is 0.929 bits per heavy atom. The lowest BCUT2D eigenvalue weighted by Gasteiger charge is -2.30. The van der Waals surface area contributed by atoms with Crippen LogP contribution in [0.5, 0.6) is 0 Å². The molecule has 0 atom stereocenters. The first kappa shape index (κ1) is 20.8. The van der Waals surface area contributed by atoms with Crippen molar-refractivity contribution in [2.75, 3.05) is 11.8 Å². The zero-order chi connectivity index (χ0) is 20.4. The van der Waals surface area contributed by atoms with Crippen LogP contribution in [0.3, 0.4) is 0 Å². The van der Waals surface area contributed by atoms with Gasteiger partial charge in [-0.1, -0.05) is 31.4 Å². The number of halogens is 1. The van der Waals surface area contributed by atoms with Crippen molar-refractivity contribution < 1.29 is 21.2 Å². The van der Waals surface area contributed by atoms with Gasteiger partial charge in [0, 0.05) is 18.8 Å². The molecule has 9 heteroatoms. The molecule has 0 heterocycles. The monoisotopic (exact) mass is 426 g/mol. The molecule has 1 aliphatic carbocycles. The van der Waals surface area contributed by atoms with Crippen LogP contribution >= 0.6 is 0 Å². The van der Waals surface area contributed by atoms with Crippen LogP contribution in [-0.2, 0) is 20.0 Å². The second kappa shape index (κ2) is 8.18. The highest BCUT2D eigenvalue weighted by molar-refractivity contribution is 7.92. The topological polar surface area (TPSA) is 83.6 Å². The number of nitrogens with one attached hydrogen (secondary N) is 1. The number of rotatable bonds is 6. The van der Waals surface area contributed by atoms with Crippen molar-refractivity contribution in [2.45, 2.75) is 47.9 Å². The van der Waals surface area contributed by atoms with Gasteiger partial charge < -0.3 is 0 Å². The Bertz CT molecular complexity index is 1030. The van der Waals surface area contributed by atoms with Crippen LogP contribution in [0, 0.1) is 5.82 Å². The summed E-state index contributed by atoms with van der Waals surface area (Å²) in [6.07, 6.45) is 4.84. The fourth-order valence-corrected chi connectivity index (χ4v) is 5.93. The van der Waals surface area contributed by atoms with E-state index in [0.29, 0.717) is 0 Å². The fourth-order valence-electron chi connectivity index (χ4n) is 3.37. The molecule has 1 aliphatic rings. The van der Waals surface area contributed by atoms with Crippen molar-refractivity contribution in [2.24, 2.45) is 0 Å². The molecule has 2 aromatic rings. The van der Waals surface area contributed by atoms with E-state index < -0.39 is 30.8 Å². The molecule has 6 nitrogen and oxygen atoms in total. The van der Waals surface area contributed by atoms with Gasteiger partial charge in [-0.2, -0.15) is 4.31 Å². The van der Waals surface area contributed by atoms with Crippen LogP contribution < -0.4 is 4.72 Å². The maximum absolute atomic E-state index is 13.8. The summed E-state index contributed by atoms with van der Waals surface area (Å²) in [6, 6.07) is 10.5. The molecule has 0 aromatic heterocycles. The first-order chi connectivity index (χ1) is 13.2. The SMILES string of the molecule is CN(C1CCCCC1)S(=O)(=O)c1ccc(NS(=O)(=O)c2ccccc2F)cc1. The number of hydrogen-bond donors (Lipinski definition) is 1. The normalized spacial score (nSPS) is 16.2. The van der Waals surface area contributed by atoms with E-state index in [-0.39, 0.29) is 16.6 Å². The van der Waals surface area contributed by atoms with Gasteiger partial charge in [0.05, 0.1) is 4.90 Å². The molecule has 0 bridgehead atoms. The van der Waals surface area contributed by atoms with E-state index in [1.165, 1.54) is 40.7 Å². The minimum atomic E-state index is -4.11. The van der Waals surface area contributed by atoms with E-state index in [1.54, 1.807) is 7.05 Å². The highest BCUT2D eigenvalue weighted by atomic mass is 32.2. The van der Waals surface area contributed by atoms with Gasteiger partial charge >= 0.3 is 0 Å². The summed E-state index contributed by atoms with van der Waals surface area (Å²) in [6.45, 7) is 0. The molecule has 1 saturated carbocycles. The molecule has 0 saturated heterocycles. The maximum atomic E-state index is 13.8. The zero-order valence-corrected chi connectivity index (χ0v) is 17.1. The van der Waals surface area contributed by atoms with Crippen LogP contribution in [0.4, 0.5) is 10.1 Å². The molecule has 0 aliphatic heterocycles. The quantitative estimate of drug-likeness (QED) is 0.765. The van der Waals surface area contributed by atoms with E-state index in [1.807, 2.05) is 0 Å². The maximum Gasteiger partial charge on any atom is 0.264 e. The zero-order valence-electron chi connectivity index (χ0n) is 15.5. The number of nitrogens with zero attached hydrogens (tertiary/aromatic N) is 1. The Hall–Kier alpha value is -1.97. The van der Waals surface area contributed by atoms with Crippen molar-refractivity contribution in [1.82, 2.24) is 4.31 Å². The fraction of sp³-hybridized carbons (Fsp3) is 0.368. The van der Waals surface area contributed by atoms with Crippen LogP contribution in [0.2, 0.25) is 0 Å². The second-order valence-corrected chi connectivity index (χ2v) is 10.5. The Morgan fingerprint density at radius 2 is 1.54 bits per heavy atom. The van der Waals surface area contributed by atoms with E-state index in [2.05, 4.69) is 4.72 Å². The summed E-state index contributed by atoms with van der Waals surface area (Å²) in [7, 11) is -6.19. The Balaban J connectivity index is 1.78. The average molecular weight is 427 g/mol. The number of anilines is 1. The van der Waals surface area contributed by atoms with Gasteiger partial charge in [-0.3, -0.25) is 4.72 Å². The molecular weight excluding hydrogens is 403 g/mol. The van der Waals surface area contributed by atoms with Crippen LogP contribution in [-0.4, -0.2) is 34.2 Å². The van der Waals surface area contributed by atoms with Crippen LogP contribution in [0.1, 0.15) is 32.1 Å². The third-order valence-corrected chi connectivity index (χ3v) is 8.34. The first-order valence-electron chi connectivity index (χ1n) is 9.07. The number of sulfonamides is 2. The highest BCUT2D eigenvalue weighted by Crippen LogP contribution is 2.27. The first-order valence-corrected chi connectivity index (χ1v) is 12.0. The molecule has 0 amide bonds. The third-order valence-electron chi connectivity index (χ3n) is 5.00. The van der Waals surface area contributed by atoms with Crippen molar-refractivity contribution in [3.05, 3.63) is 54.3 Å². The molecule has 1 N–H and O–H groups in total. The minimum Gasteiger partial charge on any atom is -0.280 e. The van der Waals surface area contributed by atoms with Crippen molar-refractivity contribution in [3.63, 3.8) is 0 Å². The highest BCUT2D eigenvalue weighted by Gasteiger charge is 2.29. The van der Waals surface area contributed by atoms with Gasteiger partial charge in [-0.15, -0.1) is 0 Å². The van der Waals surface area contributed by atoms with Crippen molar-refractivity contribution in [3.8, 4) is 0 Å². The molecule has 1 fully saturated rings. The lowest BCUT2D eigenvalue weighted by molar-refractivity contribution is 0.286. The average Bonchev–Trinajstić information content (AvgIpc) is 2.68. The smallest absolute Gasteiger partial charge is 0.264 e. The molecule has 3 rings (SSSR count). The van der Waals surface area contributed by atoms with Gasteiger partial charge in [-0.05, 0) is 49.2 Å². The van der Waals surface area contributed by atoms with Crippen LogP contribution in [0.15, 0.2) is 58.3 Å². The minimum absolute atomic E-state index is 0.0158. The summed E-state index contributed by atoms with van der Waals surface area (Å²) in [5.41, 5.74) is 0.155. The van der Waals surface area contributed by atoms with E-state index in [4.69, 9.17) is 0 Å². The van der Waals surface area contributed by atoms with Gasteiger partial charge in [0.2, 0.25) is 10.0 Å². The molecule has 28 heavy (non-hydrogen) atoms. The largest absolute Gasteiger partial charge is 0.280 e. The van der Waals surface area contributed by atoms with Gasteiger partial charge in [-0.25, -0.2) is 21.2 Å². The molecule has 0 unspecified atom stereocenters. The predicted molar refractivity (Wildman–Crippen MR) is 105 cm³/mol. The summed E-state index contributed by atoms with van der Waals surface area (Å²) in [4.78, 5) is -0.377. The molecule has 2 aromatic carbocycles. The summed E-state index contributed by atoms with van der Waals surface area (Å²) >= 11 is 0. The van der Waals surface area contributed by atoms with E-state index in [0.717, 1.165) is 44.2 Å². The van der Waals surface area contributed by atoms with Gasteiger partial charge in [0.1, 0.15) is 10.7 Å². The lowest BCUT2D eigenvalue weighted by Crippen LogP contribution is -2.38. The molecule has 0 radical (unpaired) electrons. The standard InChI is InChI=1S/C19H23FN2O4S2/c1-22(16-7-3-2-4-8-16)28(25,26)17-13-11-15(12-14-17)21-27(23,24)19-10-6-5-9-18(19)20/h5-6,9-14,16,21H,2-4,7-8H2,1H3. The van der Waals surface area contributed by atoms with Gasteiger partial charge in [0.25, 0.3) is 10.0 Å². The third kappa shape index (κ3) is 4.37. The summed E-state index contributed by atoms with van der Waals surface area (Å²) in [5.74, 6) is -0.858. The van der Waals surface area contributed by atoms with Crippen molar-refractivity contribution >= 4 is 25.7 Å². The Kier molecular flexibility index (Phi) is 6.07. The van der Waals surface area contributed by atoms with Crippen LogP contribution in [0.25, 0.3) is 0 Å². The number of benzene rings is 2. The van der Waals surface area contributed by atoms with E-state index >= 15 is 0 Å². The molecule has 152 valence electrons. The van der Waals surface area contributed by atoms with Crippen molar-refractivity contribution in [1.29, 1.82) is 0 Å². The lowest BCUT2D eigenvalue weighted by atomic mass is 9.96. The summed E-state index contributed by atoms with van der Waals surface area (Å²) in [5, 5.41) is 0.